The third-order valence-electron chi connectivity index (χ3n) is 3.38. The van der Waals surface area contributed by atoms with Crippen LogP contribution in [0.1, 0.15) is 24.1 Å². The highest BCUT2D eigenvalue weighted by atomic mass is 35.5. The van der Waals surface area contributed by atoms with Gasteiger partial charge in [-0.1, -0.05) is 48.3 Å². The largest absolute Gasteiger partial charge is 0.495 e. The second kappa shape index (κ2) is 7.69. The van der Waals surface area contributed by atoms with Gasteiger partial charge in [-0.15, -0.1) is 0 Å². The fraction of sp³-hybridized carbons (Fsp3) is 0.294. The summed E-state index contributed by atoms with van der Waals surface area (Å²) in [5.74, 6) is 0.702. The van der Waals surface area contributed by atoms with E-state index in [1.165, 1.54) is 5.56 Å². The van der Waals surface area contributed by atoms with E-state index in [1.54, 1.807) is 7.11 Å². The smallest absolute Gasteiger partial charge is 0.137 e. The highest BCUT2D eigenvalue weighted by molar-refractivity contribution is 6.32. The maximum atomic E-state index is 6.10. The average molecular weight is 324 g/mol. The minimum absolute atomic E-state index is 0.211. The zero-order valence-electron chi connectivity index (χ0n) is 12.2. The molecular weight excluding hydrogens is 305 g/mol. The molecule has 0 radical (unpaired) electrons. The van der Waals surface area contributed by atoms with Crippen molar-refractivity contribution in [2.75, 3.05) is 13.7 Å². The van der Waals surface area contributed by atoms with E-state index >= 15 is 0 Å². The number of nitrogens with one attached hydrogen (secondary N) is 1. The van der Waals surface area contributed by atoms with E-state index in [-0.39, 0.29) is 6.04 Å². The topological polar surface area (TPSA) is 21.3 Å². The van der Waals surface area contributed by atoms with Gasteiger partial charge in [-0.3, -0.25) is 0 Å². The van der Waals surface area contributed by atoms with Gasteiger partial charge in [0, 0.05) is 11.1 Å². The van der Waals surface area contributed by atoms with Gasteiger partial charge in [0.15, 0.2) is 0 Å². The van der Waals surface area contributed by atoms with E-state index in [0.29, 0.717) is 10.8 Å². The van der Waals surface area contributed by atoms with Gasteiger partial charge in [-0.25, -0.2) is 0 Å². The van der Waals surface area contributed by atoms with Crippen molar-refractivity contribution in [2.24, 2.45) is 0 Å². The van der Waals surface area contributed by atoms with Crippen LogP contribution in [0, 0.1) is 0 Å². The average Bonchev–Trinajstić information content (AvgIpc) is 2.49. The molecule has 21 heavy (non-hydrogen) atoms. The standard InChI is InChI=1S/C17H19Cl2NO/c1-3-20-16(10-12-4-7-14(18)8-5-12)13-6-9-15(19)17(11-13)21-2/h4-9,11,16,20H,3,10H2,1-2H3. The predicted molar refractivity (Wildman–Crippen MR) is 89.6 cm³/mol. The number of benzene rings is 2. The summed E-state index contributed by atoms with van der Waals surface area (Å²) in [5.41, 5.74) is 2.40. The Morgan fingerprint density at radius 3 is 2.43 bits per heavy atom. The van der Waals surface area contributed by atoms with Crippen molar-refractivity contribution in [3.8, 4) is 5.75 Å². The van der Waals surface area contributed by atoms with Gasteiger partial charge in [0.1, 0.15) is 5.75 Å². The minimum atomic E-state index is 0.211. The first kappa shape index (κ1) is 16.2. The highest BCUT2D eigenvalue weighted by Crippen LogP contribution is 2.29. The maximum absolute atomic E-state index is 6.10. The third kappa shape index (κ3) is 4.37. The number of hydrogen-bond donors (Lipinski definition) is 1. The van der Waals surface area contributed by atoms with Crippen molar-refractivity contribution in [1.82, 2.24) is 5.32 Å². The lowest BCUT2D eigenvalue weighted by molar-refractivity contribution is 0.413. The van der Waals surface area contributed by atoms with E-state index in [1.807, 2.05) is 30.3 Å². The molecule has 1 N–H and O–H groups in total. The quantitative estimate of drug-likeness (QED) is 0.816. The third-order valence-corrected chi connectivity index (χ3v) is 3.95. The zero-order chi connectivity index (χ0) is 15.2. The van der Waals surface area contributed by atoms with Gasteiger partial charge in [0.05, 0.1) is 12.1 Å². The number of halogens is 2. The molecule has 0 saturated heterocycles. The van der Waals surface area contributed by atoms with E-state index in [0.717, 1.165) is 23.6 Å². The first-order chi connectivity index (χ1) is 10.1. The first-order valence-corrected chi connectivity index (χ1v) is 7.71. The first-order valence-electron chi connectivity index (χ1n) is 6.95. The molecule has 0 aliphatic heterocycles. The summed E-state index contributed by atoms with van der Waals surface area (Å²) in [5, 5.41) is 4.89. The molecule has 112 valence electrons. The van der Waals surface area contributed by atoms with Crippen LogP contribution in [0.25, 0.3) is 0 Å². The predicted octanol–water partition coefficient (Wildman–Crippen LogP) is 4.90. The number of ether oxygens (including phenoxy) is 1. The molecule has 0 aliphatic carbocycles. The van der Waals surface area contributed by atoms with Crippen LogP contribution in [0.5, 0.6) is 5.75 Å². The van der Waals surface area contributed by atoms with Crippen LogP contribution in [0.4, 0.5) is 0 Å². The minimum Gasteiger partial charge on any atom is -0.495 e. The molecule has 0 aliphatic rings. The lowest BCUT2D eigenvalue weighted by Crippen LogP contribution is -2.23. The molecule has 0 aromatic heterocycles. The molecule has 0 saturated carbocycles. The summed E-state index contributed by atoms with van der Waals surface area (Å²) in [6.45, 7) is 2.99. The van der Waals surface area contributed by atoms with Crippen LogP contribution >= 0.6 is 23.2 Å². The van der Waals surface area contributed by atoms with Crippen LogP contribution in [0.15, 0.2) is 42.5 Å². The Kier molecular flexibility index (Phi) is 5.92. The van der Waals surface area contributed by atoms with E-state index < -0.39 is 0 Å². The number of hydrogen-bond acceptors (Lipinski definition) is 2. The van der Waals surface area contributed by atoms with Crippen molar-refractivity contribution in [2.45, 2.75) is 19.4 Å². The SMILES string of the molecule is CCNC(Cc1ccc(Cl)cc1)c1ccc(Cl)c(OC)c1. The van der Waals surface area contributed by atoms with Crippen LogP contribution in [0.3, 0.4) is 0 Å². The molecular formula is C17H19Cl2NO. The van der Waals surface area contributed by atoms with Crippen LogP contribution in [-0.4, -0.2) is 13.7 Å². The summed E-state index contributed by atoms with van der Waals surface area (Å²) >= 11 is 12.0. The summed E-state index contributed by atoms with van der Waals surface area (Å²) in [6, 6.07) is 14.1. The Morgan fingerprint density at radius 1 is 1.10 bits per heavy atom. The monoisotopic (exact) mass is 323 g/mol. The molecule has 2 aromatic carbocycles. The van der Waals surface area contributed by atoms with Gasteiger partial charge in [0.2, 0.25) is 0 Å². The van der Waals surface area contributed by atoms with E-state index in [4.69, 9.17) is 27.9 Å². The van der Waals surface area contributed by atoms with Gasteiger partial charge < -0.3 is 10.1 Å². The number of likely N-dealkylation sites (N-methyl/N-ethyl adjacent to an activating group) is 1. The van der Waals surface area contributed by atoms with Crippen LogP contribution in [0.2, 0.25) is 10.0 Å². The molecule has 0 spiro atoms. The molecule has 2 rings (SSSR count). The fourth-order valence-electron chi connectivity index (χ4n) is 2.30. The zero-order valence-corrected chi connectivity index (χ0v) is 13.7. The fourth-order valence-corrected chi connectivity index (χ4v) is 2.62. The maximum Gasteiger partial charge on any atom is 0.137 e. The summed E-state index contributed by atoms with van der Waals surface area (Å²) in [4.78, 5) is 0. The Morgan fingerprint density at radius 2 is 1.81 bits per heavy atom. The van der Waals surface area contributed by atoms with Crippen LogP contribution in [-0.2, 0) is 6.42 Å². The van der Waals surface area contributed by atoms with Crippen molar-refractivity contribution in [3.05, 3.63) is 63.6 Å². The summed E-state index contributed by atoms with van der Waals surface area (Å²) in [6.07, 6.45) is 0.885. The molecule has 0 heterocycles. The summed E-state index contributed by atoms with van der Waals surface area (Å²) in [7, 11) is 1.63. The second-order valence-electron chi connectivity index (χ2n) is 4.83. The molecule has 1 unspecified atom stereocenters. The van der Waals surface area contributed by atoms with E-state index in [2.05, 4.69) is 24.4 Å². The van der Waals surface area contributed by atoms with Gasteiger partial charge in [-0.2, -0.15) is 0 Å². The number of rotatable bonds is 6. The lowest BCUT2D eigenvalue weighted by Gasteiger charge is -2.19. The number of methoxy groups -OCH3 is 1. The van der Waals surface area contributed by atoms with Gasteiger partial charge in [0.25, 0.3) is 0 Å². The summed E-state index contributed by atoms with van der Waals surface area (Å²) < 4.78 is 5.30. The normalized spacial score (nSPS) is 12.2. The Labute approximate surface area is 136 Å². The molecule has 0 amide bonds. The molecule has 0 fully saturated rings. The Bertz CT molecular complexity index is 584. The highest BCUT2D eigenvalue weighted by Gasteiger charge is 2.13. The van der Waals surface area contributed by atoms with Gasteiger partial charge >= 0.3 is 0 Å². The van der Waals surface area contributed by atoms with Crippen molar-refractivity contribution >= 4 is 23.2 Å². The van der Waals surface area contributed by atoms with Crippen LogP contribution < -0.4 is 10.1 Å². The lowest BCUT2D eigenvalue weighted by atomic mass is 9.98. The Hall–Kier alpha value is -1.22. The van der Waals surface area contributed by atoms with Crippen molar-refractivity contribution in [1.29, 1.82) is 0 Å². The van der Waals surface area contributed by atoms with Crippen molar-refractivity contribution in [3.63, 3.8) is 0 Å². The second-order valence-corrected chi connectivity index (χ2v) is 5.68. The molecule has 4 heteroatoms. The molecule has 2 nitrogen and oxygen atoms in total. The van der Waals surface area contributed by atoms with Gasteiger partial charge in [-0.05, 0) is 48.4 Å². The molecule has 1 atom stereocenters. The molecule has 2 aromatic rings. The van der Waals surface area contributed by atoms with E-state index in [9.17, 15) is 0 Å². The Balaban J connectivity index is 2.23. The van der Waals surface area contributed by atoms with Crippen molar-refractivity contribution < 1.29 is 4.74 Å². The molecule has 0 bridgehead atoms.